The van der Waals surface area contributed by atoms with Crippen LogP contribution in [0.2, 0.25) is 5.02 Å². The Morgan fingerprint density at radius 2 is 1.86 bits per heavy atom. The second-order valence-electron chi connectivity index (χ2n) is 6.71. The first-order valence-corrected chi connectivity index (χ1v) is 10.2. The van der Waals surface area contributed by atoms with Crippen LogP contribution in [0.1, 0.15) is 23.6 Å². The Labute approximate surface area is 182 Å². The van der Waals surface area contributed by atoms with Crippen LogP contribution in [-0.2, 0) is 6.42 Å². The summed E-state index contributed by atoms with van der Waals surface area (Å²) in [5, 5.41) is 1.09. The number of ether oxygens (including phenoxy) is 1. The molecule has 0 aliphatic heterocycles. The predicted octanol–water partition coefficient (Wildman–Crippen LogP) is 6.18. The van der Waals surface area contributed by atoms with E-state index < -0.39 is 0 Å². The Balaban J connectivity index is 0.00000280. The third-order valence-electron chi connectivity index (χ3n) is 4.61. The van der Waals surface area contributed by atoms with Crippen LogP contribution < -0.4 is 4.74 Å². The molecule has 3 rings (SSSR count). The number of hydrogen-bond donors (Lipinski definition) is 0. The van der Waals surface area contributed by atoms with Gasteiger partial charge < -0.3 is 9.64 Å². The SMILES string of the molecule is CCN(C)CCc1cc(Cl)c(Oc2nc(-c3ccc(C)cc3)ns2)cc1C.Cl. The van der Waals surface area contributed by atoms with Crippen molar-refractivity contribution >= 4 is 35.5 Å². The zero-order chi connectivity index (χ0) is 19.4. The predicted molar refractivity (Wildman–Crippen MR) is 120 cm³/mol. The van der Waals surface area contributed by atoms with Gasteiger partial charge in [-0.1, -0.05) is 48.4 Å². The van der Waals surface area contributed by atoms with Gasteiger partial charge in [0.1, 0.15) is 5.75 Å². The maximum absolute atomic E-state index is 6.46. The van der Waals surface area contributed by atoms with Gasteiger partial charge in [-0.15, -0.1) is 12.4 Å². The Bertz CT molecular complexity index is 913. The van der Waals surface area contributed by atoms with E-state index in [1.54, 1.807) is 0 Å². The average Bonchev–Trinajstić information content (AvgIpc) is 3.12. The standard InChI is InChI=1S/C21H24ClN3OS.ClH/c1-5-25(4)11-10-17-13-18(22)19(12-15(17)3)26-21-23-20(24-27-21)16-8-6-14(2)7-9-16;/h6-9,12-13H,5,10-11H2,1-4H3;1H. The lowest BCUT2D eigenvalue weighted by molar-refractivity contribution is 0.357. The van der Waals surface area contributed by atoms with E-state index in [1.165, 1.54) is 28.2 Å². The molecule has 0 fully saturated rings. The van der Waals surface area contributed by atoms with Crippen molar-refractivity contribution in [3.63, 3.8) is 0 Å². The third kappa shape index (κ3) is 5.67. The lowest BCUT2D eigenvalue weighted by Gasteiger charge is -2.15. The van der Waals surface area contributed by atoms with E-state index in [1.807, 2.05) is 36.4 Å². The molecule has 0 aliphatic carbocycles. The fourth-order valence-corrected chi connectivity index (χ4v) is 3.47. The van der Waals surface area contributed by atoms with Crippen molar-refractivity contribution in [1.82, 2.24) is 14.3 Å². The molecule has 1 aromatic heterocycles. The molecule has 0 saturated carbocycles. The van der Waals surface area contributed by atoms with E-state index in [9.17, 15) is 0 Å². The van der Waals surface area contributed by atoms with E-state index in [4.69, 9.17) is 16.3 Å². The molecule has 0 amide bonds. The summed E-state index contributed by atoms with van der Waals surface area (Å²) in [6.45, 7) is 8.34. The zero-order valence-electron chi connectivity index (χ0n) is 16.5. The monoisotopic (exact) mass is 437 g/mol. The average molecular weight is 438 g/mol. The summed E-state index contributed by atoms with van der Waals surface area (Å²) in [6, 6.07) is 12.1. The van der Waals surface area contributed by atoms with Gasteiger partial charge in [0.2, 0.25) is 0 Å². The summed E-state index contributed by atoms with van der Waals surface area (Å²) in [6.07, 6.45) is 0.965. The molecule has 1 heterocycles. The van der Waals surface area contributed by atoms with Crippen molar-refractivity contribution in [3.05, 3.63) is 58.1 Å². The highest BCUT2D eigenvalue weighted by Crippen LogP contribution is 2.34. The molecule has 0 bridgehead atoms. The number of nitrogens with zero attached hydrogens (tertiary/aromatic N) is 3. The summed E-state index contributed by atoms with van der Waals surface area (Å²) in [4.78, 5) is 6.77. The third-order valence-corrected chi connectivity index (χ3v) is 5.50. The lowest BCUT2D eigenvalue weighted by atomic mass is 10.1. The minimum atomic E-state index is 0. The Morgan fingerprint density at radius 3 is 2.54 bits per heavy atom. The van der Waals surface area contributed by atoms with E-state index in [2.05, 4.69) is 42.1 Å². The number of likely N-dealkylation sites (N-methyl/N-ethyl adjacent to an activating group) is 1. The van der Waals surface area contributed by atoms with Crippen LogP contribution in [0.3, 0.4) is 0 Å². The van der Waals surface area contributed by atoms with Crippen LogP contribution in [0.4, 0.5) is 0 Å². The molecule has 150 valence electrons. The maximum Gasteiger partial charge on any atom is 0.299 e. The molecule has 2 aromatic carbocycles. The molecule has 0 unspecified atom stereocenters. The van der Waals surface area contributed by atoms with Crippen molar-refractivity contribution in [2.24, 2.45) is 0 Å². The molecule has 3 aromatic rings. The van der Waals surface area contributed by atoms with Gasteiger partial charge in [0.15, 0.2) is 5.82 Å². The number of halogens is 2. The van der Waals surface area contributed by atoms with E-state index in [-0.39, 0.29) is 12.4 Å². The second-order valence-corrected chi connectivity index (χ2v) is 7.83. The highest BCUT2D eigenvalue weighted by atomic mass is 35.5. The molecular weight excluding hydrogens is 413 g/mol. The highest BCUT2D eigenvalue weighted by molar-refractivity contribution is 7.07. The molecule has 28 heavy (non-hydrogen) atoms. The van der Waals surface area contributed by atoms with Gasteiger partial charge in [-0.05, 0) is 57.1 Å². The minimum absolute atomic E-state index is 0. The first-order chi connectivity index (χ1) is 13.0. The van der Waals surface area contributed by atoms with E-state index in [0.717, 1.165) is 25.1 Å². The number of aryl methyl sites for hydroxylation is 2. The van der Waals surface area contributed by atoms with Gasteiger partial charge in [0.05, 0.1) is 5.02 Å². The quantitative estimate of drug-likeness (QED) is 0.441. The smallest absolute Gasteiger partial charge is 0.299 e. The topological polar surface area (TPSA) is 38.2 Å². The van der Waals surface area contributed by atoms with Gasteiger partial charge >= 0.3 is 0 Å². The second kappa shape index (κ2) is 10.2. The van der Waals surface area contributed by atoms with Crippen molar-refractivity contribution in [1.29, 1.82) is 0 Å². The fourth-order valence-electron chi connectivity index (χ4n) is 2.68. The molecule has 0 N–H and O–H groups in total. The summed E-state index contributed by atoms with van der Waals surface area (Å²) >= 11 is 7.69. The van der Waals surface area contributed by atoms with Crippen LogP contribution in [0, 0.1) is 13.8 Å². The number of benzene rings is 2. The van der Waals surface area contributed by atoms with Crippen molar-refractivity contribution in [2.45, 2.75) is 27.2 Å². The zero-order valence-corrected chi connectivity index (χ0v) is 18.9. The maximum atomic E-state index is 6.46. The summed E-state index contributed by atoms with van der Waals surface area (Å²) in [7, 11) is 2.12. The van der Waals surface area contributed by atoms with Gasteiger partial charge in [0.25, 0.3) is 5.19 Å². The van der Waals surface area contributed by atoms with Gasteiger partial charge in [-0.3, -0.25) is 0 Å². The molecule has 0 atom stereocenters. The van der Waals surface area contributed by atoms with Crippen molar-refractivity contribution < 1.29 is 4.74 Å². The largest absolute Gasteiger partial charge is 0.428 e. The van der Waals surface area contributed by atoms with Gasteiger partial charge in [0, 0.05) is 23.6 Å². The van der Waals surface area contributed by atoms with Crippen LogP contribution in [-0.4, -0.2) is 34.4 Å². The van der Waals surface area contributed by atoms with Gasteiger partial charge in [-0.2, -0.15) is 9.36 Å². The van der Waals surface area contributed by atoms with E-state index in [0.29, 0.717) is 21.8 Å². The number of aromatic nitrogens is 2. The Kier molecular flexibility index (Phi) is 8.25. The van der Waals surface area contributed by atoms with Gasteiger partial charge in [-0.25, -0.2) is 0 Å². The van der Waals surface area contributed by atoms with E-state index >= 15 is 0 Å². The fraction of sp³-hybridized carbons (Fsp3) is 0.333. The first kappa shape index (κ1) is 22.6. The van der Waals surface area contributed by atoms with Crippen LogP contribution in [0.25, 0.3) is 11.4 Å². The lowest BCUT2D eigenvalue weighted by Crippen LogP contribution is -2.20. The first-order valence-electron chi connectivity index (χ1n) is 9.02. The molecular formula is C21H25Cl2N3OS. The molecule has 0 radical (unpaired) electrons. The van der Waals surface area contributed by atoms with Crippen LogP contribution in [0.5, 0.6) is 10.9 Å². The minimum Gasteiger partial charge on any atom is -0.428 e. The van der Waals surface area contributed by atoms with Crippen molar-refractivity contribution in [2.75, 3.05) is 20.1 Å². The summed E-state index contributed by atoms with van der Waals surface area (Å²) in [5.74, 6) is 1.29. The van der Waals surface area contributed by atoms with Crippen molar-refractivity contribution in [3.8, 4) is 22.3 Å². The number of hydrogen-bond acceptors (Lipinski definition) is 5. The molecule has 7 heteroatoms. The molecule has 0 aliphatic rings. The Hall–Kier alpha value is -1.66. The number of rotatable bonds is 7. The molecule has 0 saturated heterocycles. The highest BCUT2D eigenvalue weighted by Gasteiger charge is 2.13. The Morgan fingerprint density at radius 1 is 1.14 bits per heavy atom. The van der Waals surface area contributed by atoms with Crippen LogP contribution >= 0.6 is 35.5 Å². The summed E-state index contributed by atoms with van der Waals surface area (Å²) in [5.41, 5.74) is 4.59. The molecule has 0 spiro atoms. The normalized spacial score (nSPS) is 10.8. The molecule has 4 nitrogen and oxygen atoms in total. The van der Waals surface area contributed by atoms with Crippen LogP contribution in [0.15, 0.2) is 36.4 Å². The summed E-state index contributed by atoms with van der Waals surface area (Å²) < 4.78 is 10.3.